The number of carbonyl (C=O) groups is 2. The Balaban J connectivity index is 2.61. The summed E-state index contributed by atoms with van der Waals surface area (Å²) >= 11 is 0. The van der Waals surface area contributed by atoms with Crippen LogP contribution in [0.15, 0.2) is 12.2 Å². The number of rotatable bonds is 10. The van der Waals surface area contributed by atoms with Crippen LogP contribution in [0.1, 0.15) is 71.1 Å². The molecule has 1 rings (SSSR count). The third-order valence-electron chi connectivity index (χ3n) is 5.29. The molecule has 0 bridgehead atoms. The van der Waals surface area contributed by atoms with Crippen LogP contribution in [0.4, 0.5) is 0 Å². The van der Waals surface area contributed by atoms with Crippen molar-refractivity contribution >= 4 is 19.8 Å². The van der Waals surface area contributed by atoms with Gasteiger partial charge in [0.25, 0.3) is 0 Å². The highest BCUT2D eigenvalue weighted by molar-refractivity contribution is 6.83. The van der Waals surface area contributed by atoms with Crippen LogP contribution in [0.2, 0.25) is 19.6 Å². The second-order valence-corrected chi connectivity index (χ2v) is 14.0. The standard InChI is InChI=1S/C25H38O4Si/c1-5-6-11-17-25(29,19-20-30(2,3)4)18-12-9-7-8-10-14-22(24(27)28)21-15-13-16-23(21)26/h12,18,21-22,29H,5-6,9-11,13-17H2,1-4H3,(H,27,28)/t21-,22+,25+/m1/s1. The molecule has 1 aliphatic carbocycles. The van der Waals surface area contributed by atoms with Gasteiger partial charge in [0, 0.05) is 25.2 Å². The lowest BCUT2D eigenvalue weighted by Gasteiger charge is -2.19. The van der Waals surface area contributed by atoms with Gasteiger partial charge in [-0.15, -0.1) is 11.5 Å². The summed E-state index contributed by atoms with van der Waals surface area (Å²) in [6.45, 7) is 8.61. The number of hydrogen-bond acceptors (Lipinski definition) is 3. The highest BCUT2D eigenvalue weighted by Gasteiger charge is 2.35. The summed E-state index contributed by atoms with van der Waals surface area (Å²) in [5, 5.41) is 20.3. The molecule has 1 saturated carbocycles. The van der Waals surface area contributed by atoms with Crippen molar-refractivity contribution in [1.82, 2.24) is 0 Å². The molecular formula is C25H38O4Si. The molecule has 0 aromatic rings. The molecule has 0 aromatic carbocycles. The van der Waals surface area contributed by atoms with Crippen LogP contribution in [0.3, 0.4) is 0 Å². The quantitative estimate of drug-likeness (QED) is 0.222. The van der Waals surface area contributed by atoms with Gasteiger partial charge in [-0.2, -0.15) is 0 Å². The number of allylic oxidation sites excluding steroid dienone is 1. The predicted molar refractivity (Wildman–Crippen MR) is 124 cm³/mol. The Labute approximate surface area is 183 Å². The van der Waals surface area contributed by atoms with Gasteiger partial charge in [0.15, 0.2) is 0 Å². The Bertz CT molecular complexity index is 726. The summed E-state index contributed by atoms with van der Waals surface area (Å²) in [5.74, 6) is 7.37. The van der Waals surface area contributed by atoms with Crippen molar-refractivity contribution in [2.24, 2.45) is 11.8 Å². The molecule has 0 unspecified atom stereocenters. The van der Waals surface area contributed by atoms with Crippen molar-refractivity contribution in [3.05, 3.63) is 12.2 Å². The lowest BCUT2D eigenvalue weighted by atomic mass is 9.86. The van der Waals surface area contributed by atoms with Crippen molar-refractivity contribution < 1.29 is 19.8 Å². The molecule has 3 atom stereocenters. The summed E-state index contributed by atoms with van der Waals surface area (Å²) in [6.07, 6.45) is 10.7. The summed E-state index contributed by atoms with van der Waals surface area (Å²) in [6, 6.07) is 0. The Morgan fingerprint density at radius 2 is 2.03 bits per heavy atom. The molecule has 0 aromatic heterocycles. The van der Waals surface area contributed by atoms with Crippen molar-refractivity contribution in [2.45, 2.75) is 96.4 Å². The fraction of sp³-hybridized carbons (Fsp3) is 0.680. The van der Waals surface area contributed by atoms with E-state index in [0.717, 1.165) is 25.7 Å². The van der Waals surface area contributed by atoms with Crippen LogP contribution in [-0.4, -0.2) is 35.6 Å². The Hall–Kier alpha value is -1.82. The first-order valence-corrected chi connectivity index (χ1v) is 14.7. The first-order valence-electron chi connectivity index (χ1n) is 11.2. The van der Waals surface area contributed by atoms with E-state index in [1.165, 1.54) is 0 Å². The van der Waals surface area contributed by atoms with Gasteiger partial charge < -0.3 is 10.2 Å². The third-order valence-corrected chi connectivity index (χ3v) is 6.16. The number of carboxylic acids is 1. The van der Waals surface area contributed by atoms with E-state index >= 15 is 0 Å². The maximum absolute atomic E-state index is 11.9. The van der Waals surface area contributed by atoms with Gasteiger partial charge in [0.2, 0.25) is 0 Å². The minimum absolute atomic E-state index is 0.0834. The van der Waals surface area contributed by atoms with Gasteiger partial charge in [-0.25, -0.2) is 0 Å². The third kappa shape index (κ3) is 10.3. The largest absolute Gasteiger partial charge is 0.481 e. The molecule has 0 heterocycles. The molecule has 4 nitrogen and oxygen atoms in total. The van der Waals surface area contributed by atoms with E-state index in [4.69, 9.17) is 0 Å². The molecular weight excluding hydrogens is 392 g/mol. The van der Waals surface area contributed by atoms with Gasteiger partial charge in [-0.1, -0.05) is 57.3 Å². The molecule has 166 valence electrons. The molecule has 0 spiro atoms. The molecule has 30 heavy (non-hydrogen) atoms. The van der Waals surface area contributed by atoms with Gasteiger partial charge in [0.1, 0.15) is 19.5 Å². The van der Waals surface area contributed by atoms with E-state index in [0.29, 0.717) is 38.5 Å². The number of ketones is 1. The summed E-state index contributed by atoms with van der Waals surface area (Å²) in [5.41, 5.74) is 2.17. The maximum atomic E-state index is 11.9. The fourth-order valence-corrected chi connectivity index (χ4v) is 4.19. The Kier molecular flexibility index (Phi) is 11.2. The average molecular weight is 431 g/mol. The first kappa shape index (κ1) is 26.2. The zero-order chi connectivity index (χ0) is 22.6. The number of Topliss-reactive ketones (excluding diaryl/α,β-unsaturated/α-hetero) is 1. The molecule has 1 aliphatic rings. The SMILES string of the molecule is CCCCC[C@@](O)(C#C[Si](C)(C)C)C=CCC#CCC[C@H](C(=O)O)[C@H]1CCCC1=O. The van der Waals surface area contributed by atoms with E-state index in [2.05, 4.69) is 49.9 Å². The number of hydrogen-bond donors (Lipinski definition) is 2. The highest BCUT2D eigenvalue weighted by atomic mass is 28.3. The molecule has 0 aliphatic heterocycles. The molecule has 0 amide bonds. The highest BCUT2D eigenvalue weighted by Crippen LogP contribution is 2.31. The normalized spacial score (nSPS) is 19.5. The second-order valence-electron chi connectivity index (χ2n) is 9.29. The predicted octanol–water partition coefficient (Wildman–Crippen LogP) is 4.98. The molecule has 5 heteroatoms. The Morgan fingerprint density at radius 3 is 2.60 bits per heavy atom. The number of unbranched alkanes of at least 4 members (excludes halogenated alkanes) is 2. The van der Waals surface area contributed by atoms with Crippen molar-refractivity contribution in [3.8, 4) is 23.3 Å². The van der Waals surface area contributed by atoms with Crippen molar-refractivity contribution in [3.63, 3.8) is 0 Å². The molecule has 0 saturated heterocycles. The van der Waals surface area contributed by atoms with Crippen LogP contribution in [-0.2, 0) is 9.59 Å². The molecule has 0 radical (unpaired) electrons. The molecule has 2 N–H and O–H groups in total. The maximum Gasteiger partial charge on any atom is 0.307 e. The average Bonchev–Trinajstić information content (AvgIpc) is 3.07. The van der Waals surface area contributed by atoms with Crippen molar-refractivity contribution in [2.75, 3.05) is 0 Å². The van der Waals surface area contributed by atoms with Crippen molar-refractivity contribution in [1.29, 1.82) is 0 Å². The van der Waals surface area contributed by atoms with Gasteiger partial charge in [-0.05, 0) is 38.2 Å². The van der Waals surface area contributed by atoms with Gasteiger partial charge in [0.05, 0.1) is 5.92 Å². The fourth-order valence-electron chi connectivity index (χ4n) is 3.59. The smallest absolute Gasteiger partial charge is 0.307 e. The monoisotopic (exact) mass is 430 g/mol. The zero-order valence-electron chi connectivity index (χ0n) is 19.1. The van der Waals surface area contributed by atoms with Gasteiger partial charge >= 0.3 is 5.97 Å². The number of aliphatic hydroxyl groups is 1. The van der Waals surface area contributed by atoms with Crippen LogP contribution in [0.5, 0.6) is 0 Å². The summed E-state index contributed by atoms with van der Waals surface area (Å²) in [4.78, 5) is 23.4. The van der Waals surface area contributed by atoms with E-state index in [9.17, 15) is 19.8 Å². The zero-order valence-corrected chi connectivity index (χ0v) is 20.1. The lowest BCUT2D eigenvalue weighted by molar-refractivity contribution is -0.146. The Morgan fingerprint density at radius 1 is 1.30 bits per heavy atom. The van der Waals surface area contributed by atoms with Crippen LogP contribution in [0, 0.1) is 35.1 Å². The van der Waals surface area contributed by atoms with E-state index in [1.807, 2.05) is 6.08 Å². The van der Waals surface area contributed by atoms with Crippen LogP contribution >= 0.6 is 0 Å². The topological polar surface area (TPSA) is 74.6 Å². The van der Waals surface area contributed by atoms with E-state index in [1.54, 1.807) is 6.08 Å². The van der Waals surface area contributed by atoms with E-state index in [-0.39, 0.29) is 11.7 Å². The minimum atomic E-state index is -1.57. The summed E-state index contributed by atoms with van der Waals surface area (Å²) in [7, 11) is -1.57. The second kappa shape index (κ2) is 12.8. The number of carbonyl (C=O) groups excluding carboxylic acids is 1. The number of carboxylic acid groups (broad SMARTS) is 1. The van der Waals surface area contributed by atoms with Crippen LogP contribution in [0.25, 0.3) is 0 Å². The molecule has 1 fully saturated rings. The van der Waals surface area contributed by atoms with Gasteiger partial charge in [-0.3, -0.25) is 9.59 Å². The minimum Gasteiger partial charge on any atom is -0.481 e. The lowest BCUT2D eigenvalue weighted by Crippen LogP contribution is -2.26. The van der Waals surface area contributed by atoms with Crippen LogP contribution < -0.4 is 0 Å². The van der Waals surface area contributed by atoms with E-state index < -0.39 is 25.6 Å². The summed E-state index contributed by atoms with van der Waals surface area (Å²) < 4.78 is 0. The first-order chi connectivity index (χ1) is 14.1. The number of aliphatic carboxylic acids is 1.